The Morgan fingerprint density at radius 2 is 2.11 bits per heavy atom. The highest BCUT2D eigenvalue weighted by molar-refractivity contribution is 5.86. The second-order valence-electron chi connectivity index (χ2n) is 4.68. The summed E-state index contributed by atoms with van der Waals surface area (Å²) in [5.41, 5.74) is 1.34. The van der Waals surface area contributed by atoms with Gasteiger partial charge in [0.2, 0.25) is 0 Å². The van der Waals surface area contributed by atoms with Gasteiger partial charge in [-0.15, -0.1) is 0 Å². The summed E-state index contributed by atoms with van der Waals surface area (Å²) in [5.74, 6) is 0.487. The van der Waals surface area contributed by atoms with E-state index in [9.17, 15) is 4.79 Å². The summed E-state index contributed by atoms with van der Waals surface area (Å²) in [7, 11) is 1.61. The van der Waals surface area contributed by atoms with Gasteiger partial charge in [-0.3, -0.25) is 4.79 Å². The van der Waals surface area contributed by atoms with Crippen LogP contribution in [0.2, 0.25) is 0 Å². The quantitative estimate of drug-likeness (QED) is 0.764. The minimum atomic E-state index is -0.702. The van der Waals surface area contributed by atoms with E-state index in [1.54, 1.807) is 7.11 Å². The number of methoxy groups -OCH3 is 1. The van der Waals surface area contributed by atoms with Crippen molar-refractivity contribution < 1.29 is 19.0 Å². The molecule has 0 bridgehead atoms. The van der Waals surface area contributed by atoms with E-state index in [2.05, 4.69) is 6.92 Å². The monoisotopic (exact) mass is 264 g/mol. The molecule has 1 heterocycles. The molecule has 19 heavy (non-hydrogen) atoms. The second kappa shape index (κ2) is 5.61. The first kappa shape index (κ1) is 13.9. The standard InChI is InChI=1S/C15H20O4/c1-4-11-6-7-13(17-3)12(8-11)15(9-18-10-15)14(16)19-5-2/h6-8H,4-5,9-10H2,1-3H3. The Morgan fingerprint density at radius 3 is 2.58 bits per heavy atom. The van der Waals surface area contributed by atoms with E-state index in [-0.39, 0.29) is 5.97 Å². The molecule has 104 valence electrons. The topological polar surface area (TPSA) is 44.8 Å². The Bertz CT molecular complexity index is 463. The first-order chi connectivity index (χ1) is 9.17. The van der Waals surface area contributed by atoms with Crippen molar-refractivity contribution in [3.05, 3.63) is 29.3 Å². The molecule has 1 fully saturated rings. The van der Waals surface area contributed by atoms with Crippen LogP contribution < -0.4 is 4.74 Å². The Hall–Kier alpha value is -1.55. The van der Waals surface area contributed by atoms with E-state index in [0.717, 1.165) is 12.0 Å². The predicted molar refractivity (Wildman–Crippen MR) is 71.5 cm³/mol. The van der Waals surface area contributed by atoms with Crippen molar-refractivity contribution in [2.45, 2.75) is 25.7 Å². The Kier molecular flexibility index (Phi) is 4.10. The molecule has 1 aromatic carbocycles. The van der Waals surface area contributed by atoms with Crippen LogP contribution in [-0.2, 0) is 26.1 Å². The average Bonchev–Trinajstić information content (AvgIpc) is 2.37. The minimum absolute atomic E-state index is 0.229. The molecule has 4 nitrogen and oxygen atoms in total. The maximum absolute atomic E-state index is 12.3. The van der Waals surface area contributed by atoms with E-state index in [1.807, 2.05) is 25.1 Å². The lowest BCUT2D eigenvalue weighted by atomic mass is 9.77. The zero-order valence-corrected chi connectivity index (χ0v) is 11.7. The fourth-order valence-corrected chi connectivity index (χ4v) is 2.31. The van der Waals surface area contributed by atoms with Gasteiger partial charge in [0.25, 0.3) is 0 Å². The summed E-state index contributed by atoms with van der Waals surface area (Å²) in [6.07, 6.45) is 0.913. The summed E-state index contributed by atoms with van der Waals surface area (Å²) < 4.78 is 15.9. The number of benzene rings is 1. The molecule has 0 aliphatic carbocycles. The third-order valence-corrected chi connectivity index (χ3v) is 3.55. The molecule has 1 aliphatic rings. The minimum Gasteiger partial charge on any atom is -0.496 e. The van der Waals surface area contributed by atoms with Crippen molar-refractivity contribution in [3.8, 4) is 5.75 Å². The van der Waals surface area contributed by atoms with Crippen LogP contribution >= 0.6 is 0 Å². The van der Waals surface area contributed by atoms with Gasteiger partial charge in [-0.1, -0.05) is 19.1 Å². The fourth-order valence-electron chi connectivity index (χ4n) is 2.31. The van der Waals surface area contributed by atoms with Crippen LogP contribution in [0.25, 0.3) is 0 Å². The van der Waals surface area contributed by atoms with Gasteiger partial charge < -0.3 is 14.2 Å². The van der Waals surface area contributed by atoms with Crippen molar-refractivity contribution in [2.75, 3.05) is 26.9 Å². The van der Waals surface area contributed by atoms with Gasteiger partial charge in [-0.25, -0.2) is 0 Å². The molecule has 0 radical (unpaired) electrons. The van der Waals surface area contributed by atoms with E-state index in [4.69, 9.17) is 14.2 Å². The van der Waals surface area contributed by atoms with Crippen LogP contribution in [0.5, 0.6) is 5.75 Å². The highest BCUT2D eigenvalue weighted by Crippen LogP contribution is 2.39. The van der Waals surface area contributed by atoms with Gasteiger partial charge in [0, 0.05) is 5.56 Å². The third kappa shape index (κ3) is 2.32. The zero-order valence-electron chi connectivity index (χ0n) is 11.7. The first-order valence-corrected chi connectivity index (χ1v) is 6.60. The Labute approximate surface area is 113 Å². The number of aryl methyl sites for hydroxylation is 1. The van der Waals surface area contributed by atoms with Crippen molar-refractivity contribution >= 4 is 5.97 Å². The molecule has 0 atom stereocenters. The molecule has 2 rings (SSSR count). The van der Waals surface area contributed by atoms with Gasteiger partial charge in [0.05, 0.1) is 26.9 Å². The number of esters is 1. The lowest BCUT2D eigenvalue weighted by molar-refractivity contribution is -0.169. The fraction of sp³-hybridized carbons (Fsp3) is 0.533. The highest BCUT2D eigenvalue weighted by Gasteiger charge is 2.50. The zero-order chi connectivity index (χ0) is 13.9. The smallest absolute Gasteiger partial charge is 0.321 e. The Morgan fingerprint density at radius 1 is 1.37 bits per heavy atom. The molecular weight excluding hydrogens is 244 g/mol. The van der Waals surface area contributed by atoms with Crippen LogP contribution in [-0.4, -0.2) is 32.9 Å². The Balaban J connectivity index is 2.44. The number of carbonyl (C=O) groups excluding carboxylic acids is 1. The summed E-state index contributed by atoms with van der Waals surface area (Å²) in [5, 5.41) is 0. The maximum atomic E-state index is 12.3. The van der Waals surface area contributed by atoms with Gasteiger partial charge >= 0.3 is 5.97 Å². The lowest BCUT2D eigenvalue weighted by Gasteiger charge is -2.40. The lowest BCUT2D eigenvalue weighted by Crippen LogP contribution is -2.54. The molecule has 0 saturated carbocycles. The van der Waals surface area contributed by atoms with Crippen LogP contribution in [0.15, 0.2) is 18.2 Å². The summed E-state index contributed by atoms with van der Waals surface area (Å²) >= 11 is 0. The van der Waals surface area contributed by atoms with Crippen molar-refractivity contribution in [1.29, 1.82) is 0 Å². The SMILES string of the molecule is CCOC(=O)C1(c2cc(CC)ccc2OC)COC1. The average molecular weight is 264 g/mol. The molecule has 1 aliphatic heterocycles. The second-order valence-corrected chi connectivity index (χ2v) is 4.68. The predicted octanol–water partition coefficient (Wildman–Crippen LogP) is 2.09. The van der Waals surface area contributed by atoms with Gasteiger partial charge in [0.1, 0.15) is 11.2 Å². The summed E-state index contributed by atoms with van der Waals surface area (Å²) in [6, 6.07) is 5.95. The summed E-state index contributed by atoms with van der Waals surface area (Å²) in [4.78, 5) is 12.3. The molecule has 4 heteroatoms. The number of ether oxygens (including phenoxy) is 3. The van der Waals surface area contributed by atoms with Crippen molar-refractivity contribution in [3.63, 3.8) is 0 Å². The van der Waals surface area contributed by atoms with Crippen molar-refractivity contribution in [1.82, 2.24) is 0 Å². The first-order valence-electron chi connectivity index (χ1n) is 6.60. The highest BCUT2D eigenvalue weighted by atomic mass is 16.6. The van der Waals surface area contributed by atoms with E-state index >= 15 is 0 Å². The largest absolute Gasteiger partial charge is 0.496 e. The summed E-state index contributed by atoms with van der Waals surface area (Å²) in [6.45, 7) is 4.98. The normalized spacial score (nSPS) is 16.6. The van der Waals surface area contributed by atoms with E-state index in [0.29, 0.717) is 25.6 Å². The van der Waals surface area contributed by atoms with Gasteiger partial charge in [-0.05, 0) is 25.0 Å². The molecule has 1 aromatic rings. The van der Waals surface area contributed by atoms with Crippen LogP contribution in [0.1, 0.15) is 25.0 Å². The van der Waals surface area contributed by atoms with E-state index in [1.165, 1.54) is 5.56 Å². The number of hydrogen-bond donors (Lipinski definition) is 0. The molecule has 0 spiro atoms. The molecule has 0 N–H and O–H groups in total. The number of carbonyl (C=O) groups is 1. The van der Waals surface area contributed by atoms with Crippen LogP contribution in [0.3, 0.4) is 0 Å². The molecule has 0 aromatic heterocycles. The van der Waals surface area contributed by atoms with Crippen LogP contribution in [0, 0.1) is 0 Å². The van der Waals surface area contributed by atoms with Crippen LogP contribution in [0.4, 0.5) is 0 Å². The molecule has 0 amide bonds. The maximum Gasteiger partial charge on any atom is 0.321 e. The van der Waals surface area contributed by atoms with Gasteiger partial charge in [0.15, 0.2) is 0 Å². The molecule has 0 unspecified atom stereocenters. The number of hydrogen-bond acceptors (Lipinski definition) is 4. The van der Waals surface area contributed by atoms with Crippen molar-refractivity contribution in [2.24, 2.45) is 0 Å². The molecular formula is C15H20O4. The number of rotatable bonds is 5. The third-order valence-electron chi connectivity index (χ3n) is 3.55. The molecule has 1 saturated heterocycles. The van der Waals surface area contributed by atoms with E-state index < -0.39 is 5.41 Å². The van der Waals surface area contributed by atoms with Gasteiger partial charge in [-0.2, -0.15) is 0 Å².